The van der Waals surface area contributed by atoms with Gasteiger partial charge in [-0.3, -0.25) is 0 Å². The van der Waals surface area contributed by atoms with Gasteiger partial charge in [0.1, 0.15) is 5.75 Å². The fraction of sp³-hybridized carbons (Fsp3) is 0.0667. The molecule has 0 heterocycles. The molecule has 2 heteroatoms. The number of hydrogen-bond donors (Lipinski definition) is 0. The van der Waals surface area contributed by atoms with Crippen LogP contribution < -0.4 is 4.74 Å². The van der Waals surface area contributed by atoms with E-state index < -0.39 is 0 Å². The maximum absolute atomic E-state index is 13.5. The first-order valence-corrected chi connectivity index (χ1v) is 5.42. The lowest BCUT2D eigenvalue weighted by Gasteiger charge is -2.08. The molecule has 0 spiro atoms. The Morgan fingerprint density at radius 1 is 1.12 bits per heavy atom. The first kappa shape index (κ1) is 11.4. The SMILES string of the molecule is C=CCc1ccc(F)c(Oc2ccccc2)c1. The molecule has 0 N–H and O–H groups in total. The molecule has 2 aromatic carbocycles. The minimum atomic E-state index is -0.360. The standard InChI is InChI=1S/C15H13FO/c1-2-6-12-9-10-14(16)15(11-12)17-13-7-4-3-5-8-13/h2-5,7-11H,1,6H2. The van der Waals surface area contributed by atoms with Crippen LogP contribution in [0, 0.1) is 5.82 Å². The van der Waals surface area contributed by atoms with Crippen molar-refractivity contribution in [3.05, 3.63) is 72.6 Å². The molecule has 0 bridgehead atoms. The molecule has 0 saturated carbocycles. The third kappa shape index (κ3) is 2.94. The van der Waals surface area contributed by atoms with E-state index in [4.69, 9.17) is 4.74 Å². The lowest BCUT2D eigenvalue weighted by molar-refractivity contribution is 0.441. The summed E-state index contributed by atoms with van der Waals surface area (Å²) in [5, 5.41) is 0. The number of rotatable bonds is 4. The second kappa shape index (κ2) is 5.30. The number of para-hydroxylation sites is 1. The number of allylic oxidation sites excluding steroid dienone is 1. The molecule has 0 fully saturated rings. The quantitative estimate of drug-likeness (QED) is 0.707. The third-order valence-electron chi connectivity index (χ3n) is 2.35. The van der Waals surface area contributed by atoms with Crippen molar-refractivity contribution in [2.24, 2.45) is 0 Å². The van der Waals surface area contributed by atoms with Gasteiger partial charge in [0.05, 0.1) is 0 Å². The predicted molar refractivity (Wildman–Crippen MR) is 66.8 cm³/mol. The lowest BCUT2D eigenvalue weighted by Crippen LogP contribution is -1.90. The Morgan fingerprint density at radius 3 is 2.59 bits per heavy atom. The maximum atomic E-state index is 13.5. The van der Waals surface area contributed by atoms with Crippen LogP contribution in [0.15, 0.2) is 61.2 Å². The molecule has 0 aromatic heterocycles. The zero-order chi connectivity index (χ0) is 12.1. The molecule has 0 radical (unpaired) electrons. The van der Waals surface area contributed by atoms with Gasteiger partial charge in [-0.05, 0) is 36.2 Å². The number of benzene rings is 2. The van der Waals surface area contributed by atoms with E-state index in [0.29, 0.717) is 12.2 Å². The highest BCUT2D eigenvalue weighted by atomic mass is 19.1. The van der Waals surface area contributed by atoms with Gasteiger partial charge in [0, 0.05) is 0 Å². The Hall–Kier alpha value is -2.09. The Bertz CT molecular complexity index is 506. The molecular formula is C15H13FO. The Kier molecular flexibility index (Phi) is 3.55. The average Bonchev–Trinajstić information content (AvgIpc) is 2.35. The Balaban J connectivity index is 2.25. The molecule has 0 saturated heterocycles. The van der Waals surface area contributed by atoms with Crippen LogP contribution in [0.25, 0.3) is 0 Å². The van der Waals surface area contributed by atoms with Crippen LogP contribution in [-0.2, 0) is 6.42 Å². The van der Waals surface area contributed by atoms with Crippen molar-refractivity contribution in [3.8, 4) is 11.5 Å². The zero-order valence-electron chi connectivity index (χ0n) is 9.40. The highest BCUT2D eigenvalue weighted by Gasteiger charge is 2.05. The zero-order valence-corrected chi connectivity index (χ0v) is 9.40. The van der Waals surface area contributed by atoms with Crippen molar-refractivity contribution in [1.29, 1.82) is 0 Å². The van der Waals surface area contributed by atoms with E-state index in [2.05, 4.69) is 6.58 Å². The fourth-order valence-corrected chi connectivity index (χ4v) is 1.54. The molecule has 17 heavy (non-hydrogen) atoms. The van der Waals surface area contributed by atoms with Crippen LogP contribution >= 0.6 is 0 Å². The average molecular weight is 228 g/mol. The van der Waals surface area contributed by atoms with Crippen LogP contribution in [0.5, 0.6) is 11.5 Å². The van der Waals surface area contributed by atoms with Crippen molar-refractivity contribution < 1.29 is 9.13 Å². The van der Waals surface area contributed by atoms with E-state index in [1.165, 1.54) is 6.07 Å². The first-order valence-electron chi connectivity index (χ1n) is 5.42. The van der Waals surface area contributed by atoms with Gasteiger partial charge in [0.25, 0.3) is 0 Å². The van der Waals surface area contributed by atoms with Crippen molar-refractivity contribution in [2.45, 2.75) is 6.42 Å². The summed E-state index contributed by atoms with van der Waals surface area (Å²) in [6.07, 6.45) is 2.48. The minimum absolute atomic E-state index is 0.246. The van der Waals surface area contributed by atoms with Crippen LogP contribution in [-0.4, -0.2) is 0 Å². The fourth-order valence-electron chi connectivity index (χ4n) is 1.54. The highest BCUT2D eigenvalue weighted by molar-refractivity contribution is 5.35. The summed E-state index contributed by atoms with van der Waals surface area (Å²) in [6, 6.07) is 14.0. The summed E-state index contributed by atoms with van der Waals surface area (Å²) in [5.74, 6) is 0.513. The van der Waals surface area contributed by atoms with E-state index in [1.807, 2.05) is 18.2 Å². The normalized spacial score (nSPS) is 9.94. The molecule has 2 rings (SSSR count). The molecule has 0 unspecified atom stereocenters. The second-order valence-electron chi connectivity index (χ2n) is 3.67. The van der Waals surface area contributed by atoms with Gasteiger partial charge in [0.15, 0.2) is 11.6 Å². The molecule has 0 atom stereocenters. The first-order chi connectivity index (χ1) is 8.29. The van der Waals surface area contributed by atoms with Gasteiger partial charge in [-0.2, -0.15) is 0 Å². The number of halogens is 1. The minimum Gasteiger partial charge on any atom is -0.454 e. The molecule has 0 aliphatic carbocycles. The van der Waals surface area contributed by atoms with E-state index in [-0.39, 0.29) is 11.6 Å². The van der Waals surface area contributed by atoms with Gasteiger partial charge in [0.2, 0.25) is 0 Å². The van der Waals surface area contributed by atoms with Crippen molar-refractivity contribution in [3.63, 3.8) is 0 Å². The third-order valence-corrected chi connectivity index (χ3v) is 2.35. The van der Waals surface area contributed by atoms with Crippen LogP contribution in [0.1, 0.15) is 5.56 Å². The Morgan fingerprint density at radius 2 is 1.88 bits per heavy atom. The molecule has 2 aromatic rings. The predicted octanol–water partition coefficient (Wildman–Crippen LogP) is 4.35. The van der Waals surface area contributed by atoms with Gasteiger partial charge >= 0.3 is 0 Å². The maximum Gasteiger partial charge on any atom is 0.165 e. The summed E-state index contributed by atoms with van der Waals surface area (Å²) < 4.78 is 19.0. The summed E-state index contributed by atoms with van der Waals surface area (Å²) in [5.41, 5.74) is 0.979. The van der Waals surface area contributed by atoms with E-state index in [9.17, 15) is 4.39 Å². The molecule has 0 aliphatic heterocycles. The van der Waals surface area contributed by atoms with Gasteiger partial charge < -0.3 is 4.74 Å². The second-order valence-corrected chi connectivity index (χ2v) is 3.67. The van der Waals surface area contributed by atoms with Crippen LogP contribution in [0.4, 0.5) is 4.39 Å². The molecule has 0 amide bonds. The Labute approximate surface area is 100 Å². The van der Waals surface area contributed by atoms with Gasteiger partial charge in [-0.15, -0.1) is 6.58 Å². The van der Waals surface area contributed by atoms with Crippen molar-refractivity contribution in [2.75, 3.05) is 0 Å². The molecule has 0 aliphatic rings. The topological polar surface area (TPSA) is 9.23 Å². The molecular weight excluding hydrogens is 215 g/mol. The smallest absolute Gasteiger partial charge is 0.165 e. The summed E-state index contributed by atoms with van der Waals surface area (Å²) in [6.45, 7) is 3.66. The number of ether oxygens (including phenoxy) is 1. The largest absolute Gasteiger partial charge is 0.454 e. The molecule has 1 nitrogen and oxygen atoms in total. The molecule has 86 valence electrons. The highest BCUT2D eigenvalue weighted by Crippen LogP contribution is 2.25. The van der Waals surface area contributed by atoms with Crippen LogP contribution in [0.3, 0.4) is 0 Å². The van der Waals surface area contributed by atoms with Gasteiger partial charge in [-0.25, -0.2) is 4.39 Å². The summed E-state index contributed by atoms with van der Waals surface area (Å²) in [4.78, 5) is 0. The van der Waals surface area contributed by atoms with Gasteiger partial charge in [-0.1, -0.05) is 30.3 Å². The lowest BCUT2D eigenvalue weighted by atomic mass is 10.1. The van der Waals surface area contributed by atoms with E-state index in [0.717, 1.165) is 5.56 Å². The van der Waals surface area contributed by atoms with E-state index in [1.54, 1.807) is 30.3 Å². The summed E-state index contributed by atoms with van der Waals surface area (Å²) >= 11 is 0. The monoisotopic (exact) mass is 228 g/mol. The van der Waals surface area contributed by atoms with Crippen molar-refractivity contribution in [1.82, 2.24) is 0 Å². The van der Waals surface area contributed by atoms with Crippen molar-refractivity contribution >= 4 is 0 Å². The summed E-state index contributed by atoms with van der Waals surface area (Å²) in [7, 11) is 0. The van der Waals surface area contributed by atoms with E-state index >= 15 is 0 Å². The number of hydrogen-bond acceptors (Lipinski definition) is 1. The van der Waals surface area contributed by atoms with Crippen LogP contribution in [0.2, 0.25) is 0 Å².